The van der Waals surface area contributed by atoms with Gasteiger partial charge in [0.2, 0.25) is 0 Å². The lowest BCUT2D eigenvalue weighted by atomic mass is 10.0. The highest BCUT2D eigenvalue weighted by Gasteiger charge is 2.15. The van der Waals surface area contributed by atoms with Crippen LogP contribution in [0.15, 0.2) is 30.5 Å². The van der Waals surface area contributed by atoms with Crippen LogP contribution in [0.4, 0.5) is 5.82 Å². The predicted molar refractivity (Wildman–Crippen MR) is 74.8 cm³/mol. The second-order valence-electron chi connectivity index (χ2n) is 4.73. The van der Waals surface area contributed by atoms with Gasteiger partial charge in [0.25, 0.3) is 5.91 Å². The van der Waals surface area contributed by atoms with Crippen LogP contribution in [0.5, 0.6) is 0 Å². The first kappa shape index (κ1) is 13.9. The molecule has 1 amide bonds. The monoisotopic (exact) mass is 272 g/mol. The van der Waals surface area contributed by atoms with Crippen LogP contribution < -0.4 is 5.32 Å². The lowest BCUT2D eigenvalue weighted by Gasteiger charge is -2.06. The molecule has 2 rings (SSSR count). The Kier molecular flexibility index (Phi) is 3.93. The second-order valence-corrected chi connectivity index (χ2v) is 4.73. The number of aromatic nitrogens is 3. The van der Waals surface area contributed by atoms with E-state index in [0.29, 0.717) is 16.9 Å². The molecular formula is C14H16N4O2. The zero-order chi connectivity index (χ0) is 14.7. The first-order valence-electron chi connectivity index (χ1n) is 6.32. The summed E-state index contributed by atoms with van der Waals surface area (Å²) in [6.07, 6.45) is 1.65. The van der Waals surface area contributed by atoms with E-state index in [0.717, 1.165) is 0 Å². The van der Waals surface area contributed by atoms with Gasteiger partial charge in [0.05, 0.1) is 11.8 Å². The summed E-state index contributed by atoms with van der Waals surface area (Å²) in [5.41, 5.74) is 0.723. The Morgan fingerprint density at radius 1 is 1.20 bits per heavy atom. The zero-order valence-electron chi connectivity index (χ0n) is 11.6. The molecule has 0 spiro atoms. The van der Waals surface area contributed by atoms with Crippen LogP contribution in [0.3, 0.4) is 0 Å². The van der Waals surface area contributed by atoms with Crippen molar-refractivity contribution in [1.29, 1.82) is 0 Å². The van der Waals surface area contributed by atoms with Crippen molar-refractivity contribution in [3.8, 4) is 0 Å². The maximum atomic E-state index is 12.2. The third-order valence-electron chi connectivity index (χ3n) is 2.83. The van der Waals surface area contributed by atoms with Crippen LogP contribution in [0, 0.1) is 0 Å². The van der Waals surface area contributed by atoms with E-state index in [1.165, 1.54) is 6.92 Å². The largest absolute Gasteiger partial charge is 0.304 e. The number of Topliss-reactive ketones (excluding diaryl/α,β-unsaturated/α-hetero) is 1. The summed E-state index contributed by atoms with van der Waals surface area (Å²) in [7, 11) is 0. The van der Waals surface area contributed by atoms with Crippen molar-refractivity contribution in [2.45, 2.75) is 26.8 Å². The lowest BCUT2D eigenvalue weighted by Crippen LogP contribution is -2.15. The van der Waals surface area contributed by atoms with E-state index in [4.69, 9.17) is 0 Å². The molecule has 104 valence electrons. The fourth-order valence-corrected chi connectivity index (χ4v) is 1.76. The van der Waals surface area contributed by atoms with Gasteiger partial charge in [-0.25, -0.2) is 4.68 Å². The van der Waals surface area contributed by atoms with Gasteiger partial charge in [0, 0.05) is 11.6 Å². The Morgan fingerprint density at radius 2 is 1.85 bits per heavy atom. The second kappa shape index (κ2) is 5.64. The SMILES string of the molecule is CC(=O)c1ccccc1C(=O)Nc1cn(C(C)C)nn1. The molecule has 1 aromatic heterocycles. The van der Waals surface area contributed by atoms with Gasteiger partial charge in [-0.1, -0.05) is 23.4 Å². The fourth-order valence-electron chi connectivity index (χ4n) is 1.76. The molecule has 0 radical (unpaired) electrons. The van der Waals surface area contributed by atoms with Gasteiger partial charge in [0.1, 0.15) is 0 Å². The van der Waals surface area contributed by atoms with Crippen molar-refractivity contribution in [1.82, 2.24) is 15.0 Å². The fraction of sp³-hybridized carbons (Fsp3) is 0.286. The van der Waals surface area contributed by atoms with E-state index in [9.17, 15) is 9.59 Å². The minimum absolute atomic E-state index is 0.151. The molecule has 0 saturated heterocycles. The van der Waals surface area contributed by atoms with Crippen LogP contribution in [-0.4, -0.2) is 26.7 Å². The molecule has 6 nitrogen and oxygen atoms in total. The minimum Gasteiger partial charge on any atom is -0.304 e. The molecule has 1 N–H and O–H groups in total. The number of rotatable bonds is 4. The van der Waals surface area contributed by atoms with E-state index in [-0.39, 0.29) is 17.7 Å². The molecular weight excluding hydrogens is 256 g/mol. The summed E-state index contributed by atoms with van der Waals surface area (Å²) >= 11 is 0. The van der Waals surface area contributed by atoms with Crippen molar-refractivity contribution < 1.29 is 9.59 Å². The first-order chi connectivity index (χ1) is 9.49. The standard InChI is InChI=1S/C14H16N4O2/c1-9(2)18-8-13(16-17-18)15-14(20)12-7-5-4-6-11(12)10(3)19/h4-9H,1-3H3,(H,15,20). The van der Waals surface area contributed by atoms with E-state index < -0.39 is 0 Å². The number of nitrogens with zero attached hydrogens (tertiary/aromatic N) is 3. The van der Waals surface area contributed by atoms with Gasteiger partial charge >= 0.3 is 0 Å². The highest BCUT2D eigenvalue weighted by Crippen LogP contribution is 2.13. The maximum absolute atomic E-state index is 12.2. The van der Waals surface area contributed by atoms with Gasteiger partial charge in [-0.05, 0) is 26.8 Å². The van der Waals surface area contributed by atoms with Crippen molar-refractivity contribution >= 4 is 17.5 Å². The Balaban J connectivity index is 2.22. The summed E-state index contributed by atoms with van der Waals surface area (Å²) in [5, 5.41) is 10.4. The Morgan fingerprint density at radius 3 is 2.40 bits per heavy atom. The topological polar surface area (TPSA) is 76.9 Å². The van der Waals surface area contributed by atoms with Gasteiger partial charge < -0.3 is 5.32 Å². The molecule has 1 heterocycles. The summed E-state index contributed by atoms with van der Waals surface area (Å²) < 4.78 is 1.65. The van der Waals surface area contributed by atoms with Crippen molar-refractivity contribution in [3.63, 3.8) is 0 Å². The van der Waals surface area contributed by atoms with Crippen molar-refractivity contribution in [2.24, 2.45) is 0 Å². The van der Waals surface area contributed by atoms with Gasteiger partial charge in [-0.15, -0.1) is 5.10 Å². The number of carbonyl (C=O) groups is 2. The van der Waals surface area contributed by atoms with Crippen LogP contribution in [-0.2, 0) is 0 Å². The number of amides is 1. The molecule has 1 aromatic carbocycles. The number of hydrogen-bond donors (Lipinski definition) is 1. The molecule has 0 aliphatic rings. The normalized spacial score (nSPS) is 10.6. The van der Waals surface area contributed by atoms with E-state index in [2.05, 4.69) is 15.6 Å². The van der Waals surface area contributed by atoms with Gasteiger partial charge in [-0.2, -0.15) is 0 Å². The van der Waals surface area contributed by atoms with Crippen LogP contribution >= 0.6 is 0 Å². The van der Waals surface area contributed by atoms with E-state index >= 15 is 0 Å². The third-order valence-corrected chi connectivity index (χ3v) is 2.83. The third kappa shape index (κ3) is 2.90. The number of nitrogens with one attached hydrogen (secondary N) is 1. The molecule has 0 unspecified atom stereocenters. The molecule has 20 heavy (non-hydrogen) atoms. The van der Waals surface area contributed by atoms with Crippen LogP contribution in [0.2, 0.25) is 0 Å². The average molecular weight is 272 g/mol. The zero-order valence-corrected chi connectivity index (χ0v) is 11.6. The summed E-state index contributed by atoms with van der Waals surface area (Å²) in [6.45, 7) is 5.36. The number of carbonyl (C=O) groups excluding carboxylic acids is 2. The molecule has 0 aliphatic heterocycles. The molecule has 0 saturated carbocycles. The Bertz CT molecular complexity index is 646. The summed E-state index contributed by atoms with van der Waals surface area (Å²) in [4.78, 5) is 23.7. The minimum atomic E-state index is -0.369. The highest BCUT2D eigenvalue weighted by molar-refractivity contribution is 6.11. The van der Waals surface area contributed by atoms with Crippen LogP contribution in [0.1, 0.15) is 47.5 Å². The molecule has 0 aliphatic carbocycles. The number of benzene rings is 1. The quantitative estimate of drug-likeness (QED) is 0.866. The molecule has 2 aromatic rings. The number of hydrogen-bond acceptors (Lipinski definition) is 4. The number of anilines is 1. The van der Waals surface area contributed by atoms with Crippen molar-refractivity contribution in [2.75, 3.05) is 5.32 Å². The van der Waals surface area contributed by atoms with Crippen LogP contribution in [0.25, 0.3) is 0 Å². The summed E-state index contributed by atoms with van der Waals surface area (Å²) in [5.74, 6) is -0.157. The predicted octanol–water partition coefficient (Wildman–Crippen LogP) is 2.31. The van der Waals surface area contributed by atoms with E-state index in [1.54, 1.807) is 35.1 Å². The van der Waals surface area contributed by atoms with Crippen molar-refractivity contribution in [3.05, 3.63) is 41.6 Å². The van der Waals surface area contributed by atoms with Gasteiger partial charge in [0.15, 0.2) is 11.6 Å². The smallest absolute Gasteiger partial charge is 0.257 e. The molecule has 0 fully saturated rings. The highest BCUT2D eigenvalue weighted by atomic mass is 16.2. The van der Waals surface area contributed by atoms with Gasteiger partial charge in [-0.3, -0.25) is 9.59 Å². The molecule has 0 bridgehead atoms. The molecule has 0 atom stereocenters. The summed E-state index contributed by atoms with van der Waals surface area (Å²) in [6, 6.07) is 6.84. The first-order valence-corrected chi connectivity index (χ1v) is 6.32. The maximum Gasteiger partial charge on any atom is 0.257 e. The molecule has 6 heteroatoms. The lowest BCUT2D eigenvalue weighted by molar-refractivity contribution is 0.0985. The Hall–Kier alpha value is -2.50. The number of ketones is 1. The average Bonchev–Trinajstić information content (AvgIpc) is 2.87. The van der Waals surface area contributed by atoms with E-state index in [1.807, 2.05) is 13.8 Å². The Labute approximate surface area is 116 Å².